The molecule has 0 saturated carbocycles. The minimum atomic E-state index is -1.08. The maximum atomic E-state index is 12.1. The van der Waals surface area contributed by atoms with Gasteiger partial charge in [0.15, 0.2) is 0 Å². The Labute approximate surface area is 123 Å². The zero-order valence-electron chi connectivity index (χ0n) is 11.7. The van der Waals surface area contributed by atoms with Gasteiger partial charge in [-0.2, -0.15) is 0 Å². The highest BCUT2D eigenvalue weighted by molar-refractivity contribution is 5.78. The first-order valence-corrected chi connectivity index (χ1v) is 6.90. The molecule has 0 aliphatic carbocycles. The fourth-order valence-electron chi connectivity index (χ4n) is 2.24. The van der Waals surface area contributed by atoms with E-state index in [1.807, 2.05) is 30.3 Å². The van der Waals surface area contributed by atoms with Gasteiger partial charge in [0.1, 0.15) is 19.3 Å². The van der Waals surface area contributed by atoms with Crippen LogP contribution in [0.3, 0.4) is 0 Å². The topological polar surface area (TPSA) is 76.1 Å². The van der Waals surface area contributed by atoms with Crippen LogP contribution in [0.25, 0.3) is 0 Å². The van der Waals surface area contributed by atoms with Gasteiger partial charge in [-0.3, -0.25) is 4.79 Å². The van der Waals surface area contributed by atoms with Crippen molar-refractivity contribution in [1.82, 2.24) is 4.90 Å². The predicted molar refractivity (Wildman–Crippen MR) is 74.8 cm³/mol. The van der Waals surface area contributed by atoms with Gasteiger partial charge < -0.3 is 19.5 Å². The average molecular weight is 293 g/mol. The third kappa shape index (κ3) is 4.84. The van der Waals surface area contributed by atoms with Crippen molar-refractivity contribution in [1.29, 1.82) is 0 Å². The van der Waals surface area contributed by atoms with Gasteiger partial charge in [-0.1, -0.05) is 30.3 Å². The molecule has 0 spiro atoms. The molecule has 1 saturated heterocycles. The number of carboxylic acid groups (broad SMARTS) is 1. The second kappa shape index (κ2) is 7.75. The largest absolute Gasteiger partial charge is 0.480 e. The van der Waals surface area contributed by atoms with E-state index < -0.39 is 12.6 Å². The number of hydrogen-bond acceptors (Lipinski definition) is 4. The number of nitrogens with zero attached hydrogens (tertiary/aromatic N) is 1. The Morgan fingerprint density at radius 3 is 2.76 bits per heavy atom. The van der Waals surface area contributed by atoms with Crippen molar-refractivity contribution in [2.75, 3.05) is 32.9 Å². The molecule has 1 aromatic rings. The fourth-order valence-corrected chi connectivity index (χ4v) is 2.24. The van der Waals surface area contributed by atoms with Gasteiger partial charge in [0.25, 0.3) is 0 Å². The molecule has 1 amide bonds. The van der Waals surface area contributed by atoms with Crippen molar-refractivity contribution in [2.45, 2.75) is 12.5 Å². The lowest BCUT2D eigenvalue weighted by Crippen LogP contribution is -2.37. The van der Waals surface area contributed by atoms with Crippen LogP contribution in [-0.2, 0) is 19.1 Å². The zero-order valence-corrected chi connectivity index (χ0v) is 11.7. The van der Waals surface area contributed by atoms with Crippen molar-refractivity contribution in [3.05, 3.63) is 35.9 Å². The summed E-state index contributed by atoms with van der Waals surface area (Å²) in [5.74, 6) is -1.29. The van der Waals surface area contributed by atoms with Crippen LogP contribution >= 0.6 is 0 Å². The molecule has 6 heteroatoms. The molecule has 1 atom stereocenters. The molecule has 1 heterocycles. The molecular formula is C15H19NO5. The van der Waals surface area contributed by atoms with E-state index in [-0.39, 0.29) is 18.6 Å². The molecule has 0 radical (unpaired) electrons. The summed E-state index contributed by atoms with van der Waals surface area (Å²) in [6.45, 7) is 0.975. The summed E-state index contributed by atoms with van der Waals surface area (Å²) in [4.78, 5) is 24.1. The number of carbonyl (C=O) groups excluding carboxylic acids is 1. The molecule has 0 bridgehead atoms. The van der Waals surface area contributed by atoms with Crippen molar-refractivity contribution in [3.63, 3.8) is 0 Å². The van der Waals surface area contributed by atoms with Crippen LogP contribution in [0.5, 0.6) is 0 Å². The number of rotatable bonds is 5. The molecule has 1 fully saturated rings. The Balaban J connectivity index is 1.93. The second-order valence-corrected chi connectivity index (χ2v) is 4.85. The summed E-state index contributed by atoms with van der Waals surface area (Å²) < 4.78 is 10.6. The third-order valence-electron chi connectivity index (χ3n) is 3.25. The van der Waals surface area contributed by atoms with E-state index in [0.29, 0.717) is 19.7 Å². The monoisotopic (exact) mass is 293 g/mol. The number of aliphatic carboxylic acids is 1. The van der Waals surface area contributed by atoms with Crippen LogP contribution in [0.1, 0.15) is 18.1 Å². The van der Waals surface area contributed by atoms with Gasteiger partial charge in [0.2, 0.25) is 5.91 Å². The first kappa shape index (κ1) is 15.5. The molecule has 0 aromatic heterocycles. The van der Waals surface area contributed by atoms with Gasteiger partial charge in [0.05, 0.1) is 6.54 Å². The van der Waals surface area contributed by atoms with Gasteiger partial charge >= 0.3 is 5.97 Å². The van der Waals surface area contributed by atoms with E-state index in [9.17, 15) is 9.59 Å². The molecule has 1 aliphatic heterocycles. The minimum absolute atomic E-state index is 0.155. The lowest BCUT2D eigenvalue weighted by atomic mass is 10.1. The van der Waals surface area contributed by atoms with Gasteiger partial charge in [-0.15, -0.1) is 0 Å². The number of carbonyl (C=O) groups is 2. The van der Waals surface area contributed by atoms with Crippen LogP contribution < -0.4 is 0 Å². The zero-order chi connectivity index (χ0) is 15.1. The highest BCUT2D eigenvalue weighted by Crippen LogP contribution is 2.21. The first-order chi connectivity index (χ1) is 10.2. The van der Waals surface area contributed by atoms with E-state index in [0.717, 1.165) is 12.0 Å². The average Bonchev–Trinajstić information content (AvgIpc) is 2.73. The Hall–Kier alpha value is -1.92. The lowest BCUT2D eigenvalue weighted by molar-refractivity contribution is -0.146. The van der Waals surface area contributed by atoms with Crippen LogP contribution in [0, 0.1) is 0 Å². The normalized spacial score (nSPS) is 19.0. The maximum absolute atomic E-state index is 12.1. The molecule has 114 valence electrons. The van der Waals surface area contributed by atoms with E-state index in [4.69, 9.17) is 14.6 Å². The van der Waals surface area contributed by atoms with Crippen LogP contribution in [-0.4, -0.2) is 54.8 Å². The summed E-state index contributed by atoms with van der Waals surface area (Å²) in [6.07, 6.45) is 0.602. The molecule has 1 unspecified atom stereocenters. The molecule has 6 nitrogen and oxygen atoms in total. The Bertz CT molecular complexity index is 476. The van der Waals surface area contributed by atoms with E-state index in [2.05, 4.69) is 0 Å². The van der Waals surface area contributed by atoms with Crippen molar-refractivity contribution in [3.8, 4) is 0 Å². The lowest BCUT2D eigenvalue weighted by Gasteiger charge is -2.24. The third-order valence-corrected chi connectivity index (χ3v) is 3.25. The number of benzene rings is 1. The summed E-state index contributed by atoms with van der Waals surface area (Å²) >= 11 is 0. The summed E-state index contributed by atoms with van der Waals surface area (Å²) in [7, 11) is 0. The van der Waals surface area contributed by atoms with Gasteiger partial charge in [-0.05, 0) is 12.0 Å². The highest BCUT2D eigenvalue weighted by atomic mass is 16.5. The highest BCUT2D eigenvalue weighted by Gasteiger charge is 2.23. The SMILES string of the molecule is O=C(O)COCC(=O)N1CCCOC(c2ccccc2)C1. The molecule has 2 rings (SSSR count). The maximum Gasteiger partial charge on any atom is 0.329 e. The summed E-state index contributed by atoms with van der Waals surface area (Å²) in [6, 6.07) is 9.75. The summed E-state index contributed by atoms with van der Waals surface area (Å²) in [5, 5.41) is 8.50. The second-order valence-electron chi connectivity index (χ2n) is 4.85. The van der Waals surface area contributed by atoms with Crippen molar-refractivity contribution in [2.24, 2.45) is 0 Å². The summed E-state index contributed by atoms with van der Waals surface area (Å²) in [5.41, 5.74) is 1.03. The van der Waals surface area contributed by atoms with Crippen LogP contribution in [0.2, 0.25) is 0 Å². The standard InChI is InChI=1S/C15H19NO5/c17-14(10-20-11-15(18)19)16-7-4-8-21-13(9-16)12-5-2-1-3-6-12/h1-3,5-6,13H,4,7-11H2,(H,18,19). The number of ether oxygens (including phenoxy) is 2. The van der Waals surface area contributed by atoms with E-state index in [1.165, 1.54) is 0 Å². The van der Waals surface area contributed by atoms with Crippen LogP contribution in [0.15, 0.2) is 30.3 Å². The number of amides is 1. The number of hydrogen-bond donors (Lipinski definition) is 1. The van der Waals surface area contributed by atoms with Crippen molar-refractivity contribution >= 4 is 11.9 Å². The van der Waals surface area contributed by atoms with E-state index >= 15 is 0 Å². The minimum Gasteiger partial charge on any atom is -0.480 e. The quantitative estimate of drug-likeness (QED) is 0.879. The van der Waals surface area contributed by atoms with E-state index in [1.54, 1.807) is 4.90 Å². The molecular weight excluding hydrogens is 274 g/mol. The smallest absolute Gasteiger partial charge is 0.329 e. The van der Waals surface area contributed by atoms with Crippen molar-refractivity contribution < 1.29 is 24.2 Å². The fraction of sp³-hybridized carbons (Fsp3) is 0.467. The first-order valence-electron chi connectivity index (χ1n) is 6.90. The predicted octanol–water partition coefficient (Wildman–Crippen LogP) is 1.08. The Morgan fingerprint density at radius 2 is 2.05 bits per heavy atom. The Morgan fingerprint density at radius 1 is 1.29 bits per heavy atom. The Kier molecular flexibility index (Phi) is 5.71. The molecule has 1 aliphatic rings. The molecule has 1 aromatic carbocycles. The van der Waals surface area contributed by atoms with Gasteiger partial charge in [0, 0.05) is 13.2 Å². The van der Waals surface area contributed by atoms with Gasteiger partial charge in [-0.25, -0.2) is 4.79 Å². The van der Waals surface area contributed by atoms with Crippen LogP contribution in [0.4, 0.5) is 0 Å². The molecule has 1 N–H and O–H groups in total. The number of carboxylic acids is 1. The molecule has 21 heavy (non-hydrogen) atoms.